The zero-order valence-corrected chi connectivity index (χ0v) is 11.9. The quantitative estimate of drug-likeness (QED) is 0.607. The predicted molar refractivity (Wildman–Crippen MR) is 73.9 cm³/mol. The molecule has 0 heterocycles. The van der Waals surface area contributed by atoms with Crippen molar-refractivity contribution in [3.63, 3.8) is 0 Å². The van der Waals surface area contributed by atoms with Crippen LogP contribution in [0.15, 0.2) is 12.2 Å². The number of aliphatic hydroxyl groups excluding tert-OH is 2. The molecule has 0 bridgehead atoms. The van der Waals surface area contributed by atoms with Crippen LogP contribution in [0.5, 0.6) is 0 Å². The molecule has 0 saturated heterocycles. The van der Waals surface area contributed by atoms with Crippen molar-refractivity contribution in [3.05, 3.63) is 12.2 Å². The minimum Gasteiger partial charge on any atom is -0.393 e. The van der Waals surface area contributed by atoms with E-state index in [0.29, 0.717) is 5.92 Å². The Labute approximate surface area is 107 Å². The number of aliphatic hydroxyl groups is 2. The molecule has 0 aliphatic carbocycles. The molecule has 0 aliphatic heterocycles. The Morgan fingerprint density at radius 1 is 1.12 bits per heavy atom. The average molecular weight is 242 g/mol. The molecule has 0 fully saturated rings. The van der Waals surface area contributed by atoms with E-state index in [-0.39, 0.29) is 18.1 Å². The fraction of sp³-hybridized carbons (Fsp3) is 0.867. The fourth-order valence-electron chi connectivity index (χ4n) is 2.01. The van der Waals surface area contributed by atoms with Crippen molar-refractivity contribution in [2.24, 2.45) is 11.8 Å². The summed E-state index contributed by atoms with van der Waals surface area (Å²) in [7, 11) is 0. The van der Waals surface area contributed by atoms with Gasteiger partial charge in [-0.25, -0.2) is 0 Å². The second-order valence-corrected chi connectivity index (χ2v) is 5.57. The molecule has 2 N–H and O–H groups in total. The monoisotopic (exact) mass is 242 g/mol. The molecular weight excluding hydrogens is 212 g/mol. The third-order valence-electron chi connectivity index (χ3n) is 3.46. The topological polar surface area (TPSA) is 40.5 Å². The third-order valence-corrected chi connectivity index (χ3v) is 3.46. The Kier molecular flexibility index (Phi) is 8.53. The van der Waals surface area contributed by atoms with E-state index in [4.69, 9.17) is 0 Å². The minimum absolute atomic E-state index is 0.210. The zero-order chi connectivity index (χ0) is 13.4. The second kappa shape index (κ2) is 8.71. The van der Waals surface area contributed by atoms with Gasteiger partial charge in [-0.3, -0.25) is 0 Å². The van der Waals surface area contributed by atoms with Crippen molar-refractivity contribution in [1.29, 1.82) is 0 Å². The molecule has 17 heavy (non-hydrogen) atoms. The molecule has 2 nitrogen and oxygen atoms in total. The molecule has 2 heteroatoms. The van der Waals surface area contributed by atoms with Gasteiger partial charge in [-0.1, -0.05) is 47.1 Å². The SMILES string of the molecule is C=C(CCC)C(O)C(C)CCCC(O)C(C)C. The largest absolute Gasteiger partial charge is 0.393 e. The molecule has 3 atom stereocenters. The van der Waals surface area contributed by atoms with Gasteiger partial charge in [-0.15, -0.1) is 0 Å². The fourth-order valence-corrected chi connectivity index (χ4v) is 2.01. The van der Waals surface area contributed by atoms with Crippen LogP contribution in [0.1, 0.15) is 59.8 Å². The summed E-state index contributed by atoms with van der Waals surface area (Å²) in [5.41, 5.74) is 0.949. The lowest BCUT2D eigenvalue weighted by Gasteiger charge is -2.22. The maximum atomic E-state index is 10.0. The van der Waals surface area contributed by atoms with Crippen molar-refractivity contribution in [2.45, 2.75) is 72.0 Å². The highest BCUT2D eigenvalue weighted by atomic mass is 16.3. The first-order valence-electron chi connectivity index (χ1n) is 6.93. The smallest absolute Gasteiger partial charge is 0.0773 e. The highest BCUT2D eigenvalue weighted by Gasteiger charge is 2.17. The van der Waals surface area contributed by atoms with Crippen LogP contribution in [0.25, 0.3) is 0 Å². The molecule has 0 aromatic rings. The Hall–Kier alpha value is -0.340. The first-order valence-corrected chi connectivity index (χ1v) is 6.93. The Balaban J connectivity index is 3.85. The molecule has 0 aromatic carbocycles. The van der Waals surface area contributed by atoms with Gasteiger partial charge in [0.1, 0.15) is 0 Å². The van der Waals surface area contributed by atoms with Crippen molar-refractivity contribution in [3.8, 4) is 0 Å². The van der Waals surface area contributed by atoms with E-state index in [1.165, 1.54) is 0 Å². The van der Waals surface area contributed by atoms with Crippen molar-refractivity contribution >= 4 is 0 Å². The van der Waals surface area contributed by atoms with E-state index >= 15 is 0 Å². The van der Waals surface area contributed by atoms with E-state index in [0.717, 1.165) is 37.7 Å². The number of hydrogen-bond acceptors (Lipinski definition) is 2. The molecular formula is C15H30O2. The van der Waals surface area contributed by atoms with E-state index in [9.17, 15) is 10.2 Å². The average Bonchev–Trinajstić information content (AvgIpc) is 2.27. The van der Waals surface area contributed by atoms with Crippen LogP contribution >= 0.6 is 0 Å². The Bertz CT molecular complexity index is 211. The molecule has 0 aliphatic rings. The lowest BCUT2D eigenvalue weighted by molar-refractivity contribution is 0.103. The molecule has 0 rings (SSSR count). The van der Waals surface area contributed by atoms with Gasteiger partial charge in [0, 0.05) is 0 Å². The van der Waals surface area contributed by atoms with Crippen LogP contribution < -0.4 is 0 Å². The van der Waals surface area contributed by atoms with Crippen LogP contribution in [0.3, 0.4) is 0 Å². The summed E-state index contributed by atoms with van der Waals surface area (Å²) >= 11 is 0. The van der Waals surface area contributed by atoms with Gasteiger partial charge in [0.05, 0.1) is 12.2 Å². The summed E-state index contributed by atoms with van der Waals surface area (Å²) < 4.78 is 0. The molecule has 0 amide bonds. The van der Waals surface area contributed by atoms with E-state index in [1.54, 1.807) is 0 Å². The summed E-state index contributed by atoms with van der Waals surface area (Å²) in [5, 5.41) is 19.7. The van der Waals surface area contributed by atoms with E-state index < -0.39 is 0 Å². The molecule has 102 valence electrons. The van der Waals surface area contributed by atoms with Crippen LogP contribution in [0.2, 0.25) is 0 Å². The lowest BCUT2D eigenvalue weighted by atomic mass is 9.90. The Morgan fingerprint density at radius 3 is 2.18 bits per heavy atom. The van der Waals surface area contributed by atoms with Gasteiger partial charge < -0.3 is 10.2 Å². The summed E-state index contributed by atoms with van der Waals surface area (Å²) in [6.45, 7) is 12.2. The van der Waals surface area contributed by atoms with Crippen molar-refractivity contribution in [1.82, 2.24) is 0 Å². The van der Waals surface area contributed by atoms with Gasteiger partial charge in [-0.05, 0) is 36.7 Å². The van der Waals surface area contributed by atoms with Crippen LogP contribution in [-0.4, -0.2) is 22.4 Å². The highest BCUT2D eigenvalue weighted by Crippen LogP contribution is 2.21. The van der Waals surface area contributed by atoms with E-state index in [2.05, 4.69) is 20.4 Å². The van der Waals surface area contributed by atoms with Crippen LogP contribution in [-0.2, 0) is 0 Å². The maximum Gasteiger partial charge on any atom is 0.0773 e. The van der Waals surface area contributed by atoms with E-state index in [1.807, 2.05) is 13.8 Å². The van der Waals surface area contributed by atoms with Crippen LogP contribution in [0, 0.1) is 11.8 Å². The summed E-state index contributed by atoms with van der Waals surface area (Å²) in [4.78, 5) is 0. The molecule has 3 unspecified atom stereocenters. The van der Waals surface area contributed by atoms with Gasteiger partial charge in [0.2, 0.25) is 0 Å². The molecule has 0 aromatic heterocycles. The first-order chi connectivity index (χ1) is 7.90. The standard InChI is InChI=1S/C15H30O2/c1-6-8-12(4)15(17)13(5)9-7-10-14(16)11(2)3/h11,13-17H,4,6-10H2,1-3,5H3. The van der Waals surface area contributed by atoms with Crippen molar-refractivity contribution in [2.75, 3.05) is 0 Å². The second-order valence-electron chi connectivity index (χ2n) is 5.57. The van der Waals surface area contributed by atoms with Gasteiger partial charge >= 0.3 is 0 Å². The molecule has 0 saturated carbocycles. The third kappa shape index (κ3) is 6.85. The number of rotatable bonds is 9. The lowest BCUT2D eigenvalue weighted by Crippen LogP contribution is -2.21. The number of hydrogen-bond donors (Lipinski definition) is 2. The summed E-state index contributed by atoms with van der Waals surface area (Å²) in [6, 6.07) is 0. The zero-order valence-electron chi connectivity index (χ0n) is 11.9. The van der Waals surface area contributed by atoms with Gasteiger partial charge in [0.25, 0.3) is 0 Å². The highest BCUT2D eigenvalue weighted by molar-refractivity contribution is 5.02. The first kappa shape index (κ1) is 16.7. The van der Waals surface area contributed by atoms with Crippen LogP contribution in [0.4, 0.5) is 0 Å². The normalized spacial score (nSPS) is 16.9. The summed E-state index contributed by atoms with van der Waals surface area (Å²) in [6.07, 6.45) is 4.10. The molecule has 0 spiro atoms. The summed E-state index contributed by atoms with van der Waals surface area (Å²) in [5.74, 6) is 0.568. The predicted octanol–water partition coefficient (Wildman–Crippen LogP) is 3.53. The van der Waals surface area contributed by atoms with Gasteiger partial charge in [0.15, 0.2) is 0 Å². The van der Waals surface area contributed by atoms with Crippen molar-refractivity contribution < 1.29 is 10.2 Å². The Morgan fingerprint density at radius 2 is 1.71 bits per heavy atom. The van der Waals surface area contributed by atoms with Gasteiger partial charge in [-0.2, -0.15) is 0 Å². The molecule has 0 radical (unpaired) electrons. The maximum absolute atomic E-state index is 10.0. The minimum atomic E-state index is -0.383.